The minimum absolute atomic E-state index is 0.120. The molecule has 1 unspecified atom stereocenters. The Morgan fingerprint density at radius 1 is 1.07 bits per heavy atom. The number of nitrogens with zero attached hydrogens (tertiary/aromatic N) is 4. The molecule has 0 saturated carbocycles. The van der Waals surface area contributed by atoms with Crippen LogP contribution < -0.4 is 0 Å². The van der Waals surface area contributed by atoms with Crippen LogP contribution in [0.2, 0.25) is 0 Å². The molecular formula is C29H28F6N4O3S. The zero-order valence-corrected chi connectivity index (χ0v) is 24.2. The number of rotatable bonds is 5. The Balaban J connectivity index is 1.30. The van der Waals surface area contributed by atoms with Gasteiger partial charge in [0.2, 0.25) is 0 Å². The van der Waals surface area contributed by atoms with E-state index in [0.717, 1.165) is 6.07 Å². The summed E-state index contributed by atoms with van der Waals surface area (Å²) in [6.07, 6.45) is -6.91. The Hall–Kier alpha value is -3.36. The average Bonchev–Trinajstić information content (AvgIpc) is 3.49. The third-order valence-corrected chi connectivity index (χ3v) is 7.79. The molecule has 1 amide bonds. The largest absolute Gasteiger partial charge is 0.416 e. The second-order valence-electron chi connectivity index (χ2n) is 11.2. The predicted molar refractivity (Wildman–Crippen MR) is 150 cm³/mol. The quantitative estimate of drug-likeness (QED) is 0.235. The molecule has 230 valence electrons. The van der Waals surface area contributed by atoms with E-state index in [0.29, 0.717) is 58.9 Å². The van der Waals surface area contributed by atoms with E-state index in [1.54, 1.807) is 24.3 Å². The summed E-state index contributed by atoms with van der Waals surface area (Å²) >= 11 is 1.25. The number of halogens is 6. The number of benzene rings is 2. The molecule has 3 aromatic rings. The number of morpholine rings is 1. The highest BCUT2D eigenvalue weighted by molar-refractivity contribution is 8.18. The lowest BCUT2D eigenvalue weighted by Crippen LogP contribution is -2.46. The van der Waals surface area contributed by atoms with E-state index in [9.17, 15) is 31.1 Å². The number of thioether (sulfide) groups is 1. The number of hydrogen-bond acceptors (Lipinski definition) is 6. The molecule has 0 bridgehead atoms. The van der Waals surface area contributed by atoms with Gasteiger partial charge in [0, 0.05) is 18.5 Å². The second kappa shape index (κ2) is 11.6. The van der Waals surface area contributed by atoms with E-state index in [1.807, 2.05) is 25.7 Å². The Labute approximate surface area is 247 Å². The third kappa shape index (κ3) is 7.42. The summed E-state index contributed by atoms with van der Waals surface area (Å²) in [4.78, 5) is 19.3. The van der Waals surface area contributed by atoms with E-state index in [1.165, 1.54) is 22.6 Å². The van der Waals surface area contributed by atoms with Crippen LogP contribution in [0.4, 0.5) is 26.3 Å². The number of hydrogen-bond donors (Lipinski definition) is 0. The Kier molecular flexibility index (Phi) is 8.40. The molecule has 2 aliphatic rings. The van der Waals surface area contributed by atoms with Crippen molar-refractivity contribution in [1.29, 1.82) is 0 Å². The van der Waals surface area contributed by atoms with Crippen molar-refractivity contribution < 1.29 is 40.6 Å². The van der Waals surface area contributed by atoms with Crippen molar-refractivity contribution in [3.63, 3.8) is 0 Å². The first-order valence-corrected chi connectivity index (χ1v) is 14.1. The smallest absolute Gasteiger partial charge is 0.373 e. The monoisotopic (exact) mass is 626 g/mol. The number of carbonyl (C=O) groups is 1. The van der Waals surface area contributed by atoms with Gasteiger partial charge in [0.25, 0.3) is 5.91 Å². The van der Waals surface area contributed by atoms with E-state index in [2.05, 4.69) is 10.1 Å². The maximum Gasteiger partial charge on any atom is 0.416 e. The molecule has 7 nitrogen and oxygen atoms in total. The maximum absolute atomic E-state index is 13.6. The van der Waals surface area contributed by atoms with Gasteiger partial charge in [-0.1, -0.05) is 12.1 Å². The van der Waals surface area contributed by atoms with Crippen LogP contribution in [0, 0.1) is 0 Å². The zero-order valence-electron chi connectivity index (χ0n) is 23.4. The fourth-order valence-electron chi connectivity index (χ4n) is 4.66. The SMILES string of the molecule is CC(C)(C)OCC1CN(C2=NC(=O)C(=Cc3ccc4c(cnn4Cc4ccc(C(F)(F)F)cc4C(F)(F)F)c3)S2)CCO1. The number of aliphatic imine (C=N–C) groups is 1. The first-order chi connectivity index (χ1) is 20.1. The Bertz CT molecular complexity index is 1590. The van der Waals surface area contributed by atoms with Gasteiger partial charge in [0.15, 0.2) is 5.17 Å². The standard InChI is InChI=1S/C29H28F6N4O3S/c1-27(2,3)42-16-21-15-38(8-9-41-21)26-37-25(40)24(43-26)11-17-4-7-23-19(10-17)13-36-39(23)14-18-5-6-20(28(30,31)32)12-22(18)29(33,34)35/h4-7,10-13,21H,8-9,14-16H2,1-3H3. The molecule has 0 N–H and O–H groups in total. The molecule has 0 spiro atoms. The molecule has 0 radical (unpaired) electrons. The van der Waals surface area contributed by atoms with Gasteiger partial charge in [-0.05, 0) is 74.0 Å². The summed E-state index contributed by atoms with van der Waals surface area (Å²) < 4.78 is 92.9. The van der Waals surface area contributed by atoms with Crippen molar-refractivity contribution in [3.8, 4) is 0 Å². The van der Waals surface area contributed by atoms with Gasteiger partial charge in [0.05, 0.1) is 59.2 Å². The van der Waals surface area contributed by atoms with Crippen molar-refractivity contribution in [3.05, 3.63) is 69.8 Å². The minimum atomic E-state index is -4.98. The van der Waals surface area contributed by atoms with E-state index in [-0.39, 0.29) is 35.8 Å². The molecular weight excluding hydrogens is 598 g/mol. The minimum Gasteiger partial charge on any atom is -0.373 e. The zero-order chi connectivity index (χ0) is 31.2. The van der Waals surface area contributed by atoms with Crippen molar-refractivity contribution in [2.45, 2.75) is 51.4 Å². The summed E-state index contributed by atoms with van der Waals surface area (Å²) in [6.45, 7) is 7.51. The van der Waals surface area contributed by atoms with Crippen LogP contribution in [-0.2, 0) is 33.2 Å². The molecule has 2 aliphatic heterocycles. The van der Waals surface area contributed by atoms with Crippen molar-refractivity contribution in [2.75, 3.05) is 26.3 Å². The summed E-state index contributed by atoms with van der Waals surface area (Å²) in [5.41, 5.74) is -2.25. The highest BCUT2D eigenvalue weighted by Gasteiger charge is 2.38. The number of fused-ring (bicyclic) bond motifs is 1. The first kappa shape index (κ1) is 31.1. The van der Waals surface area contributed by atoms with Gasteiger partial charge in [-0.15, -0.1) is 0 Å². The number of amidine groups is 1. The van der Waals surface area contributed by atoms with E-state index < -0.39 is 23.5 Å². The second-order valence-corrected chi connectivity index (χ2v) is 12.2. The van der Waals surface area contributed by atoms with Crippen LogP contribution in [0.3, 0.4) is 0 Å². The van der Waals surface area contributed by atoms with Gasteiger partial charge in [0.1, 0.15) is 0 Å². The average molecular weight is 627 g/mol. The lowest BCUT2D eigenvalue weighted by molar-refractivity contribution is -0.143. The molecule has 14 heteroatoms. The first-order valence-electron chi connectivity index (χ1n) is 13.3. The number of alkyl halides is 6. The van der Waals surface area contributed by atoms with Crippen molar-refractivity contribution in [1.82, 2.24) is 14.7 Å². The number of carbonyl (C=O) groups excluding carboxylic acids is 1. The van der Waals surface area contributed by atoms with Crippen molar-refractivity contribution >= 4 is 39.8 Å². The molecule has 1 fully saturated rings. The molecule has 43 heavy (non-hydrogen) atoms. The normalized spacial score (nSPS) is 19.5. The predicted octanol–water partition coefficient (Wildman–Crippen LogP) is 6.61. The molecule has 1 atom stereocenters. The molecule has 5 rings (SSSR count). The Morgan fingerprint density at radius 3 is 2.53 bits per heavy atom. The molecule has 2 aromatic carbocycles. The van der Waals surface area contributed by atoms with Crippen LogP contribution >= 0.6 is 11.8 Å². The van der Waals surface area contributed by atoms with Crippen LogP contribution in [0.5, 0.6) is 0 Å². The Morgan fingerprint density at radius 2 is 1.84 bits per heavy atom. The lowest BCUT2D eigenvalue weighted by Gasteiger charge is -2.34. The number of aromatic nitrogens is 2. The summed E-state index contributed by atoms with van der Waals surface area (Å²) in [5, 5.41) is 5.33. The third-order valence-electron chi connectivity index (χ3n) is 6.75. The fraction of sp³-hybridized carbons (Fsp3) is 0.414. The number of ether oxygens (including phenoxy) is 2. The van der Waals surface area contributed by atoms with E-state index >= 15 is 0 Å². The summed E-state index contributed by atoms with van der Waals surface area (Å²) in [6, 6.07) is 6.63. The van der Waals surface area contributed by atoms with Gasteiger partial charge >= 0.3 is 12.4 Å². The molecule has 0 aliphatic carbocycles. The van der Waals surface area contributed by atoms with Gasteiger partial charge in [-0.2, -0.15) is 36.4 Å². The molecule has 3 heterocycles. The molecule has 1 saturated heterocycles. The summed E-state index contributed by atoms with van der Waals surface area (Å²) in [5.74, 6) is -0.383. The van der Waals surface area contributed by atoms with Crippen molar-refractivity contribution in [2.24, 2.45) is 4.99 Å². The fourth-order valence-corrected chi connectivity index (χ4v) is 5.61. The lowest BCUT2D eigenvalue weighted by atomic mass is 10.0. The van der Waals surface area contributed by atoms with Crippen LogP contribution in [-0.4, -0.2) is 63.8 Å². The van der Waals surface area contributed by atoms with E-state index in [4.69, 9.17) is 9.47 Å². The highest BCUT2D eigenvalue weighted by Crippen LogP contribution is 2.38. The summed E-state index contributed by atoms with van der Waals surface area (Å²) in [7, 11) is 0. The van der Waals surface area contributed by atoms with Gasteiger partial charge in [-0.3, -0.25) is 9.48 Å². The maximum atomic E-state index is 13.6. The highest BCUT2D eigenvalue weighted by atomic mass is 32.2. The molecule has 1 aromatic heterocycles. The number of amides is 1. The van der Waals surface area contributed by atoms with Crippen LogP contribution in [0.15, 0.2) is 52.5 Å². The van der Waals surface area contributed by atoms with Gasteiger partial charge in [-0.25, -0.2) is 0 Å². The van der Waals surface area contributed by atoms with Gasteiger partial charge < -0.3 is 14.4 Å². The van der Waals surface area contributed by atoms with Crippen LogP contribution in [0.1, 0.15) is 43.0 Å². The van der Waals surface area contributed by atoms with Crippen LogP contribution in [0.25, 0.3) is 17.0 Å². The topological polar surface area (TPSA) is 69.0 Å².